The number of nitrogens with zero attached hydrogens (tertiary/aromatic N) is 3. The number of hydrogen-bond acceptors (Lipinski definition) is 12. The number of nitro benzene ring substituents is 1. The number of rotatable bonds is 11. The van der Waals surface area contributed by atoms with E-state index in [-0.39, 0.29) is 28.5 Å². The van der Waals surface area contributed by atoms with Gasteiger partial charge in [-0.05, 0) is 74.4 Å². The van der Waals surface area contributed by atoms with E-state index in [2.05, 4.69) is 4.99 Å². The summed E-state index contributed by atoms with van der Waals surface area (Å²) in [4.78, 5) is 42.1. The maximum atomic E-state index is 14.0. The summed E-state index contributed by atoms with van der Waals surface area (Å²) < 4.78 is 48.9. The van der Waals surface area contributed by atoms with Crippen LogP contribution in [-0.4, -0.2) is 44.2 Å². The molecular formula is C32H29N3O10S2. The topological polar surface area (TPSA) is 166 Å². The maximum absolute atomic E-state index is 14.0. The molecule has 244 valence electrons. The minimum atomic E-state index is -4.26. The number of non-ortho nitro benzene ring substituents is 1. The van der Waals surface area contributed by atoms with Gasteiger partial charge in [-0.3, -0.25) is 19.5 Å². The van der Waals surface area contributed by atoms with Crippen molar-refractivity contribution in [1.82, 2.24) is 4.57 Å². The van der Waals surface area contributed by atoms with E-state index in [0.29, 0.717) is 44.3 Å². The first kappa shape index (κ1) is 33.1. The Morgan fingerprint density at radius 2 is 1.74 bits per heavy atom. The van der Waals surface area contributed by atoms with Crippen LogP contribution >= 0.6 is 11.3 Å². The number of aromatic nitrogens is 1. The van der Waals surface area contributed by atoms with Crippen molar-refractivity contribution in [2.24, 2.45) is 4.99 Å². The quantitative estimate of drug-likeness (QED) is 0.0983. The molecule has 0 bridgehead atoms. The van der Waals surface area contributed by atoms with E-state index in [1.54, 1.807) is 50.3 Å². The van der Waals surface area contributed by atoms with Crippen LogP contribution in [0.15, 0.2) is 92.7 Å². The van der Waals surface area contributed by atoms with E-state index in [9.17, 15) is 28.1 Å². The molecule has 0 saturated carbocycles. The number of thiazole rings is 1. The predicted octanol–water partition coefficient (Wildman–Crippen LogP) is 3.88. The van der Waals surface area contributed by atoms with Crippen molar-refractivity contribution in [3.63, 3.8) is 0 Å². The van der Waals surface area contributed by atoms with Gasteiger partial charge in [0.1, 0.15) is 10.6 Å². The van der Waals surface area contributed by atoms with Crippen LogP contribution in [0.1, 0.15) is 37.9 Å². The molecule has 0 saturated heterocycles. The third-order valence-electron chi connectivity index (χ3n) is 7.04. The summed E-state index contributed by atoms with van der Waals surface area (Å²) in [6, 6.07) is 14.6. The Labute approximate surface area is 272 Å². The van der Waals surface area contributed by atoms with Gasteiger partial charge in [0, 0.05) is 12.1 Å². The van der Waals surface area contributed by atoms with Crippen LogP contribution in [0.5, 0.6) is 17.2 Å². The molecule has 0 fully saturated rings. The van der Waals surface area contributed by atoms with Gasteiger partial charge >= 0.3 is 16.1 Å². The van der Waals surface area contributed by atoms with Gasteiger partial charge in [0.05, 0.1) is 47.1 Å². The summed E-state index contributed by atoms with van der Waals surface area (Å²) in [6.07, 6.45) is 1.62. The number of carbonyl (C=O) groups is 1. The van der Waals surface area contributed by atoms with Crippen molar-refractivity contribution in [2.75, 3.05) is 20.3 Å². The zero-order chi connectivity index (χ0) is 33.9. The molecule has 47 heavy (non-hydrogen) atoms. The lowest BCUT2D eigenvalue weighted by molar-refractivity contribution is -0.384. The first-order chi connectivity index (χ1) is 22.5. The second-order valence-corrected chi connectivity index (χ2v) is 12.6. The third kappa shape index (κ3) is 6.80. The van der Waals surface area contributed by atoms with Crippen LogP contribution in [0.2, 0.25) is 0 Å². The smallest absolute Gasteiger partial charge is 0.339 e. The summed E-state index contributed by atoms with van der Waals surface area (Å²) in [5, 5.41) is 10.9. The number of nitro groups is 1. The van der Waals surface area contributed by atoms with Gasteiger partial charge in [-0.15, -0.1) is 0 Å². The largest absolute Gasteiger partial charge is 0.493 e. The highest BCUT2D eigenvalue weighted by molar-refractivity contribution is 7.87. The van der Waals surface area contributed by atoms with Crippen molar-refractivity contribution in [3.8, 4) is 17.2 Å². The zero-order valence-corrected chi connectivity index (χ0v) is 27.3. The molecule has 5 rings (SSSR count). The van der Waals surface area contributed by atoms with E-state index in [1.807, 2.05) is 6.92 Å². The molecule has 0 unspecified atom stereocenters. The maximum Gasteiger partial charge on any atom is 0.339 e. The predicted molar refractivity (Wildman–Crippen MR) is 172 cm³/mol. The summed E-state index contributed by atoms with van der Waals surface area (Å²) in [7, 11) is -2.74. The van der Waals surface area contributed by atoms with Gasteiger partial charge in [0.15, 0.2) is 16.3 Å². The van der Waals surface area contributed by atoms with Crippen LogP contribution in [-0.2, 0) is 19.6 Å². The fourth-order valence-corrected chi connectivity index (χ4v) is 6.90. The third-order valence-corrected chi connectivity index (χ3v) is 9.28. The fourth-order valence-electron chi connectivity index (χ4n) is 4.92. The minimum Gasteiger partial charge on any atom is -0.493 e. The molecular weight excluding hydrogens is 650 g/mol. The average molecular weight is 680 g/mol. The van der Waals surface area contributed by atoms with Gasteiger partial charge in [-0.1, -0.05) is 29.5 Å². The Bertz CT molecular complexity index is 2170. The first-order valence-corrected chi connectivity index (χ1v) is 16.5. The van der Waals surface area contributed by atoms with E-state index >= 15 is 0 Å². The number of carbonyl (C=O) groups excluding carboxylic acids is 1. The van der Waals surface area contributed by atoms with Crippen LogP contribution in [0.4, 0.5) is 5.69 Å². The zero-order valence-electron chi connectivity index (χ0n) is 25.7. The highest BCUT2D eigenvalue weighted by Gasteiger charge is 2.34. The highest BCUT2D eigenvalue weighted by Crippen LogP contribution is 2.36. The molecule has 13 nitrogen and oxygen atoms in total. The molecule has 1 aliphatic rings. The molecule has 0 N–H and O–H groups in total. The number of esters is 1. The van der Waals surface area contributed by atoms with Crippen LogP contribution < -0.4 is 28.5 Å². The molecule has 2 heterocycles. The number of benzene rings is 3. The van der Waals surface area contributed by atoms with Gasteiger partial charge in [-0.2, -0.15) is 8.42 Å². The Morgan fingerprint density at radius 1 is 1.04 bits per heavy atom. The summed E-state index contributed by atoms with van der Waals surface area (Å²) >= 11 is 1.13. The van der Waals surface area contributed by atoms with Gasteiger partial charge in [0.25, 0.3) is 11.2 Å². The van der Waals surface area contributed by atoms with Crippen molar-refractivity contribution >= 4 is 39.2 Å². The molecule has 0 spiro atoms. The number of hydrogen-bond donors (Lipinski definition) is 0. The summed E-state index contributed by atoms with van der Waals surface area (Å²) in [5.74, 6) is 0.349. The minimum absolute atomic E-state index is 0.00118. The summed E-state index contributed by atoms with van der Waals surface area (Å²) in [6.45, 7) is 5.72. The lowest BCUT2D eigenvalue weighted by Gasteiger charge is -2.25. The van der Waals surface area contributed by atoms with Crippen molar-refractivity contribution in [2.45, 2.75) is 31.7 Å². The van der Waals surface area contributed by atoms with Gasteiger partial charge in [-0.25, -0.2) is 9.79 Å². The van der Waals surface area contributed by atoms with Crippen molar-refractivity contribution < 1.29 is 36.5 Å². The molecule has 15 heteroatoms. The number of methoxy groups -OCH3 is 1. The molecule has 1 aliphatic heterocycles. The average Bonchev–Trinajstić information content (AvgIpc) is 3.35. The Balaban J connectivity index is 1.52. The lowest BCUT2D eigenvalue weighted by atomic mass is 9.95. The van der Waals surface area contributed by atoms with E-state index in [0.717, 1.165) is 35.6 Å². The van der Waals surface area contributed by atoms with Crippen molar-refractivity contribution in [3.05, 3.63) is 119 Å². The van der Waals surface area contributed by atoms with E-state index in [4.69, 9.17) is 18.4 Å². The van der Waals surface area contributed by atoms with E-state index < -0.39 is 32.6 Å². The monoisotopic (exact) mass is 679 g/mol. The van der Waals surface area contributed by atoms with E-state index in [1.165, 1.54) is 23.8 Å². The molecule has 0 radical (unpaired) electrons. The molecule has 1 atom stereocenters. The Hall–Kier alpha value is -5.28. The molecule has 0 amide bonds. The number of allylic oxidation sites excluding steroid dienone is 1. The van der Waals surface area contributed by atoms with Gasteiger partial charge in [0.2, 0.25) is 0 Å². The molecule has 4 aromatic rings. The fraction of sp³-hybridized carbons (Fsp3) is 0.219. The SMILES string of the molecule is CCOC(=O)C1=C(C)N=c2s/c(=C\c3ccc(OS(=O)(=O)c4ccc([N+](=O)[O-])cc4)cc3)c(=O)n2[C@H]1c1ccc(OC)c(OCC)c1. The van der Waals surface area contributed by atoms with Crippen LogP contribution in [0, 0.1) is 10.1 Å². The van der Waals surface area contributed by atoms with Gasteiger partial charge < -0.3 is 18.4 Å². The Morgan fingerprint density at radius 3 is 2.36 bits per heavy atom. The second kappa shape index (κ2) is 13.6. The summed E-state index contributed by atoms with van der Waals surface area (Å²) in [5.41, 5.74) is 1.13. The lowest BCUT2D eigenvalue weighted by Crippen LogP contribution is -2.40. The number of fused-ring (bicyclic) bond motifs is 1. The highest BCUT2D eigenvalue weighted by atomic mass is 32.2. The Kier molecular flexibility index (Phi) is 9.58. The van der Waals surface area contributed by atoms with Crippen molar-refractivity contribution in [1.29, 1.82) is 0 Å². The molecule has 1 aromatic heterocycles. The van der Waals surface area contributed by atoms with Crippen LogP contribution in [0.3, 0.4) is 0 Å². The first-order valence-electron chi connectivity index (χ1n) is 14.3. The van der Waals surface area contributed by atoms with Crippen LogP contribution in [0.25, 0.3) is 6.08 Å². The molecule has 0 aliphatic carbocycles. The standard InChI is InChI=1S/C32H29N3O10S2/c1-5-43-26-18-21(9-16-25(26)42-4)29-28(31(37)44-6-2)19(3)33-32-34(29)30(36)27(46-32)17-20-7-12-23(13-8-20)45-47(40,41)24-14-10-22(11-15-24)35(38)39/h7-18,29H,5-6H2,1-4H3/b27-17-/t29-/m0/s1. The molecule has 3 aromatic carbocycles. The second-order valence-electron chi connectivity index (χ2n) is 10.0. The number of ether oxygens (including phenoxy) is 3. The normalized spacial score (nSPS) is 14.6.